The summed E-state index contributed by atoms with van der Waals surface area (Å²) in [7, 11) is 0. The molecule has 2 rings (SSSR count). The molecule has 2 aliphatic rings. The van der Waals surface area contributed by atoms with Crippen molar-refractivity contribution in [1.82, 2.24) is 4.90 Å². The molecular formula is C12H21NO. The topological polar surface area (TPSA) is 12.5 Å². The van der Waals surface area contributed by atoms with Crippen LogP contribution < -0.4 is 0 Å². The van der Waals surface area contributed by atoms with Gasteiger partial charge in [0.25, 0.3) is 0 Å². The minimum absolute atomic E-state index is 0.652. The summed E-state index contributed by atoms with van der Waals surface area (Å²) in [6, 6.07) is 0.652. The zero-order valence-corrected chi connectivity index (χ0v) is 9.17. The maximum atomic E-state index is 5.38. The Balaban J connectivity index is 1.91. The van der Waals surface area contributed by atoms with E-state index in [4.69, 9.17) is 4.74 Å². The van der Waals surface area contributed by atoms with Crippen LogP contribution in [0.3, 0.4) is 0 Å². The fourth-order valence-corrected chi connectivity index (χ4v) is 2.44. The summed E-state index contributed by atoms with van der Waals surface area (Å²) in [5, 5.41) is 0. The Kier molecular flexibility index (Phi) is 3.60. The van der Waals surface area contributed by atoms with Gasteiger partial charge in [0.15, 0.2) is 0 Å². The zero-order chi connectivity index (χ0) is 9.80. The first-order valence-corrected chi connectivity index (χ1v) is 5.88. The highest BCUT2D eigenvalue weighted by molar-refractivity contribution is 5.12. The van der Waals surface area contributed by atoms with Crippen LogP contribution in [0, 0.1) is 0 Å². The van der Waals surface area contributed by atoms with Crippen LogP contribution in [0.25, 0.3) is 0 Å². The number of hydrogen-bond acceptors (Lipinski definition) is 2. The maximum absolute atomic E-state index is 5.38. The number of allylic oxidation sites excluding steroid dienone is 1. The number of hydrogen-bond donors (Lipinski definition) is 0. The van der Waals surface area contributed by atoms with Crippen molar-refractivity contribution in [2.45, 2.75) is 38.6 Å². The highest BCUT2D eigenvalue weighted by atomic mass is 16.5. The first-order chi connectivity index (χ1) is 6.88. The fourth-order valence-electron chi connectivity index (χ4n) is 2.44. The van der Waals surface area contributed by atoms with E-state index in [2.05, 4.69) is 17.9 Å². The molecule has 80 valence electrons. The Morgan fingerprint density at radius 2 is 2.07 bits per heavy atom. The van der Waals surface area contributed by atoms with Crippen LogP contribution in [0.15, 0.2) is 11.6 Å². The van der Waals surface area contributed by atoms with Gasteiger partial charge in [0.05, 0.1) is 13.2 Å². The summed E-state index contributed by atoms with van der Waals surface area (Å²) >= 11 is 0. The molecule has 0 saturated carbocycles. The molecule has 1 aliphatic carbocycles. The molecule has 0 aromatic rings. The third-order valence-electron chi connectivity index (χ3n) is 3.46. The van der Waals surface area contributed by atoms with Gasteiger partial charge >= 0.3 is 0 Å². The Bertz CT molecular complexity index is 206. The van der Waals surface area contributed by atoms with E-state index in [0.717, 1.165) is 26.3 Å². The molecule has 2 heteroatoms. The van der Waals surface area contributed by atoms with E-state index >= 15 is 0 Å². The number of morpholine rings is 1. The summed E-state index contributed by atoms with van der Waals surface area (Å²) < 4.78 is 5.38. The van der Waals surface area contributed by atoms with Crippen molar-refractivity contribution in [1.29, 1.82) is 0 Å². The predicted molar refractivity (Wildman–Crippen MR) is 58.4 cm³/mol. The van der Waals surface area contributed by atoms with Gasteiger partial charge in [-0.3, -0.25) is 4.90 Å². The van der Waals surface area contributed by atoms with Crippen LogP contribution >= 0.6 is 0 Å². The minimum Gasteiger partial charge on any atom is -0.379 e. The summed E-state index contributed by atoms with van der Waals surface area (Å²) in [6.45, 7) is 6.40. The Morgan fingerprint density at radius 3 is 2.71 bits per heavy atom. The lowest BCUT2D eigenvalue weighted by Gasteiger charge is -2.34. The number of ether oxygens (including phenoxy) is 1. The van der Waals surface area contributed by atoms with Crippen molar-refractivity contribution in [2.75, 3.05) is 26.3 Å². The van der Waals surface area contributed by atoms with E-state index in [-0.39, 0.29) is 0 Å². The van der Waals surface area contributed by atoms with Gasteiger partial charge in [0, 0.05) is 19.1 Å². The van der Waals surface area contributed by atoms with Gasteiger partial charge in [0.1, 0.15) is 0 Å². The molecule has 0 N–H and O–H groups in total. The molecule has 1 fully saturated rings. The largest absolute Gasteiger partial charge is 0.379 e. The SMILES string of the molecule is CC(C1=CCCCC1)N1CCOCC1. The van der Waals surface area contributed by atoms with Gasteiger partial charge < -0.3 is 4.74 Å². The molecule has 0 aromatic heterocycles. The van der Waals surface area contributed by atoms with E-state index in [1.807, 2.05) is 0 Å². The van der Waals surface area contributed by atoms with Gasteiger partial charge in [0.2, 0.25) is 0 Å². The smallest absolute Gasteiger partial charge is 0.0594 e. The first-order valence-electron chi connectivity index (χ1n) is 5.88. The van der Waals surface area contributed by atoms with Crippen molar-refractivity contribution in [3.05, 3.63) is 11.6 Å². The van der Waals surface area contributed by atoms with Gasteiger partial charge in [-0.25, -0.2) is 0 Å². The quantitative estimate of drug-likeness (QED) is 0.626. The normalized spacial score (nSPS) is 27.1. The van der Waals surface area contributed by atoms with E-state index < -0.39 is 0 Å². The Hall–Kier alpha value is -0.340. The predicted octanol–water partition coefficient (Wildman–Crippen LogP) is 2.21. The average molecular weight is 195 g/mol. The van der Waals surface area contributed by atoms with Crippen LogP contribution in [0.5, 0.6) is 0 Å². The van der Waals surface area contributed by atoms with E-state index in [1.165, 1.54) is 25.7 Å². The molecule has 0 amide bonds. The Morgan fingerprint density at radius 1 is 1.29 bits per heavy atom. The standard InChI is InChI=1S/C12H21NO/c1-11(12-5-3-2-4-6-12)13-7-9-14-10-8-13/h5,11H,2-4,6-10H2,1H3. The summed E-state index contributed by atoms with van der Waals surface area (Å²) in [5.41, 5.74) is 1.66. The van der Waals surface area contributed by atoms with Crippen molar-refractivity contribution < 1.29 is 4.74 Å². The monoisotopic (exact) mass is 195 g/mol. The second kappa shape index (κ2) is 4.94. The summed E-state index contributed by atoms with van der Waals surface area (Å²) in [6.07, 6.45) is 7.85. The first kappa shape index (κ1) is 10.2. The Labute approximate surface area is 86.9 Å². The van der Waals surface area contributed by atoms with Crippen LogP contribution in [0.2, 0.25) is 0 Å². The molecule has 0 aromatic carbocycles. The molecule has 1 saturated heterocycles. The fraction of sp³-hybridized carbons (Fsp3) is 0.833. The van der Waals surface area contributed by atoms with Gasteiger partial charge in [-0.05, 0) is 32.6 Å². The highest BCUT2D eigenvalue weighted by Gasteiger charge is 2.20. The maximum Gasteiger partial charge on any atom is 0.0594 e. The third-order valence-corrected chi connectivity index (χ3v) is 3.46. The average Bonchev–Trinajstić information content (AvgIpc) is 2.30. The van der Waals surface area contributed by atoms with Crippen molar-refractivity contribution in [3.8, 4) is 0 Å². The molecule has 0 bridgehead atoms. The van der Waals surface area contributed by atoms with Crippen LogP contribution in [-0.4, -0.2) is 37.2 Å². The lowest BCUT2D eigenvalue weighted by Crippen LogP contribution is -2.43. The summed E-state index contributed by atoms with van der Waals surface area (Å²) in [5.74, 6) is 0. The zero-order valence-electron chi connectivity index (χ0n) is 9.17. The van der Waals surface area contributed by atoms with E-state index in [1.54, 1.807) is 5.57 Å². The molecule has 1 heterocycles. The highest BCUT2D eigenvalue weighted by Crippen LogP contribution is 2.23. The number of rotatable bonds is 2. The third kappa shape index (κ3) is 2.37. The van der Waals surface area contributed by atoms with Gasteiger partial charge in [-0.1, -0.05) is 11.6 Å². The molecule has 2 nitrogen and oxygen atoms in total. The van der Waals surface area contributed by atoms with Crippen LogP contribution in [0.1, 0.15) is 32.6 Å². The van der Waals surface area contributed by atoms with Crippen LogP contribution in [-0.2, 0) is 4.74 Å². The second-order valence-electron chi connectivity index (χ2n) is 4.35. The molecule has 0 spiro atoms. The van der Waals surface area contributed by atoms with Gasteiger partial charge in [-0.2, -0.15) is 0 Å². The molecule has 1 unspecified atom stereocenters. The lowest BCUT2D eigenvalue weighted by molar-refractivity contribution is 0.0260. The van der Waals surface area contributed by atoms with Crippen molar-refractivity contribution in [3.63, 3.8) is 0 Å². The summed E-state index contributed by atoms with van der Waals surface area (Å²) in [4.78, 5) is 2.56. The molecule has 1 aliphatic heterocycles. The molecule has 1 atom stereocenters. The lowest BCUT2D eigenvalue weighted by atomic mass is 9.94. The van der Waals surface area contributed by atoms with Crippen molar-refractivity contribution in [2.24, 2.45) is 0 Å². The molecule has 14 heavy (non-hydrogen) atoms. The second-order valence-corrected chi connectivity index (χ2v) is 4.35. The molecular weight excluding hydrogens is 174 g/mol. The van der Waals surface area contributed by atoms with Crippen LogP contribution in [0.4, 0.5) is 0 Å². The van der Waals surface area contributed by atoms with E-state index in [0.29, 0.717) is 6.04 Å². The van der Waals surface area contributed by atoms with Crippen molar-refractivity contribution >= 4 is 0 Å². The van der Waals surface area contributed by atoms with E-state index in [9.17, 15) is 0 Å². The van der Waals surface area contributed by atoms with Gasteiger partial charge in [-0.15, -0.1) is 0 Å². The number of nitrogens with zero attached hydrogens (tertiary/aromatic N) is 1. The molecule has 0 radical (unpaired) electrons. The minimum atomic E-state index is 0.652.